The van der Waals surface area contributed by atoms with Crippen molar-refractivity contribution >= 4 is 12.0 Å². The second kappa shape index (κ2) is 5.55. The molecular weight excluding hydrogens is 200 g/mol. The monoisotopic (exact) mass is 216 g/mol. The number of nitrogens with one attached hydrogen (secondary N) is 2. The summed E-state index contributed by atoms with van der Waals surface area (Å²) in [5, 5.41) is 13.8. The van der Waals surface area contributed by atoms with Crippen LogP contribution in [0.2, 0.25) is 0 Å². The van der Waals surface area contributed by atoms with E-state index in [1.807, 2.05) is 0 Å². The molecule has 1 aliphatic carbocycles. The minimum atomic E-state index is -0.973. The van der Waals surface area contributed by atoms with Crippen molar-refractivity contribution in [3.63, 3.8) is 0 Å². The van der Waals surface area contributed by atoms with E-state index in [9.17, 15) is 9.59 Å². The molecule has 0 aromatic rings. The van der Waals surface area contributed by atoms with Crippen LogP contribution in [0.15, 0.2) is 0 Å². The molecule has 1 saturated carbocycles. The SMILES string of the molecule is COCCNC(=O)NC(C(=O)O)C1CC1. The molecule has 0 radical (unpaired) electrons. The van der Waals surface area contributed by atoms with Gasteiger partial charge in [0.15, 0.2) is 0 Å². The highest BCUT2D eigenvalue weighted by atomic mass is 16.5. The molecule has 1 fully saturated rings. The lowest BCUT2D eigenvalue weighted by atomic mass is 10.2. The molecule has 0 saturated heterocycles. The normalized spacial score (nSPS) is 16.9. The average Bonchev–Trinajstić information content (AvgIpc) is 2.97. The average molecular weight is 216 g/mol. The Kier molecular flexibility index (Phi) is 4.36. The van der Waals surface area contributed by atoms with Gasteiger partial charge in [0.05, 0.1) is 6.61 Å². The maximum atomic E-state index is 11.2. The van der Waals surface area contributed by atoms with Gasteiger partial charge in [0.1, 0.15) is 6.04 Å². The molecule has 0 aromatic carbocycles. The van der Waals surface area contributed by atoms with Crippen LogP contribution in [0, 0.1) is 5.92 Å². The van der Waals surface area contributed by atoms with E-state index in [1.165, 1.54) is 7.11 Å². The fourth-order valence-corrected chi connectivity index (χ4v) is 1.27. The van der Waals surface area contributed by atoms with Crippen LogP contribution in [0.1, 0.15) is 12.8 Å². The predicted octanol–water partition coefficient (Wildman–Crippen LogP) is -0.205. The summed E-state index contributed by atoms with van der Waals surface area (Å²) < 4.78 is 4.75. The second-order valence-corrected chi connectivity index (χ2v) is 3.55. The quantitative estimate of drug-likeness (QED) is 0.536. The minimum absolute atomic E-state index is 0.0932. The van der Waals surface area contributed by atoms with E-state index in [2.05, 4.69) is 10.6 Å². The minimum Gasteiger partial charge on any atom is -0.480 e. The van der Waals surface area contributed by atoms with Crippen molar-refractivity contribution in [3.05, 3.63) is 0 Å². The maximum Gasteiger partial charge on any atom is 0.326 e. The molecule has 0 aromatic heterocycles. The topological polar surface area (TPSA) is 87.7 Å². The van der Waals surface area contributed by atoms with E-state index in [0.29, 0.717) is 13.2 Å². The van der Waals surface area contributed by atoms with Crippen molar-refractivity contribution in [2.45, 2.75) is 18.9 Å². The highest BCUT2D eigenvalue weighted by Gasteiger charge is 2.37. The van der Waals surface area contributed by atoms with Crippen molar-refractivity contribution in [3.8, 4) is 0 Å². The molecule has 1 atom stereocenters. The Hall–Kier alpha value is -1.30. The zero-order chi connectivity index (χ0) is 11.3. The fraction of sp³-hybridized carbons (Fsp3) is 0.778. The first-order chi connectivity index (χ1) is 7.15. The zero-order valence-corrected chi connectivity index (χ0v) is 8.66. The number of urea groups is 1. The molecule has 1 unspecified atom stereocenters. The summed E-state index contributed by atoms with van der Waals surface area (Å²) in [5.74, 6) is -0.880. The van der Waals surface area contributed by atoms with Crippen LogP contribution in [0.5, 0.6) is 0 Å². The number of methoxy groups -OCH3 is 1. The van der Waals surface area contributed by atoms with Crippen LogP contribution < -0.4 is 10.6 Å². The van der Waals surface area contributed by atoms with Crippen molar-refractivity contribution in [1.29, 1.82) is 0 Å². The van der Waals surface area contributed by atoms with Gasteiger partial charge in [-0.1, -0.05) is 0 Å². The van der Waals surface area contributed by atoms with E-state index in [1.54, 1.807) is 0 Å². The Balaban J connectivity index is 2.24. The van der Waals surface area contributed by atoms with Gasteiger partial charge in [-0.2, -0.15) is 0 Å². The number of aliphatic carboxylic acids is 1. The summed E-state index contributed by atoms with van der Waals surface area (Å²) in [6.07, 6.45) is 1.74. The first-order valence-electron chi connectivity index (χ1n) is 4.91. The van der Waals surface area contributed by atoms with Crippen LogP contribution >= 0.6 is 0 Å². The lowest BCUT2D eigenvalue weighted by Gasteiger charge is -2.13. The van der Waals surface area contributed by atoms with Crippen molar-refractivity contribution < 1.29 is 19.4 Å². The molecule has 6 heteroatoms. The number of hydrogen-bond donors (Lipinski definition) is 3. The third-order valence-electron chi connectivity index (χ3n) is 2.24. The fourth-order valence-electron chi connectivity index (χ4n) is 1.27. The Morgan fingerprint density at radius 3 is 2.67 bits per heavy atom. The molecule has 15 heavy (non-hydrogen) atoms. The zero-order valence-electron chi connectivity index (χ0n) is 8.66. The molecule has 0 heterocycles. The molecule has 1 rings (SSSR count). The van der Waals surface area contributed by atoms with Gasteiger partial charge in [0.25, 0.3) is 0 Å². The van der Waals surface area contributed by atoms with Gasteiger partial charge in [0.2, 0.25) is 0 Å². The first kappa shape index (κ1) is 11.8. The number of carboxylic acids is 1. The van der Waals surface area contributed by atoms with Crippen LogP contribution in [0.25, 0.3) is 0 Å². The number of carbonyl (C=O) groups is 2. The number of ether oxygens (including phenoxy) is 1. The van der Waals surface area contributed by atoms with Gasteiger partial charge in [0, 0.05) is 13.7 Å². The summed E-state index contributed by atoms with van der Waals surface area (Å²) in [4.78, 5) is 22.0. The summed E-state index contributed by atoms with van der Waals surface area (Å²) in [7, 11) is 1.53. The third kappa shape index (κ3) is 4.16. The molecule has 0 aliphatic heterocycles. The van der Waals surface area contributed by atoms with E-state index in [0.717, 1.165) is 12.8 Å². The van der Waals surface area contributed by atoms with Crippen LogP contribution in [0.3, 0.4) is 0 Å². The lowest BCUT2D eigenvalue weighted by Crippen LogP contribution is -2.47. The summed E-state index contributed by atoms with van der Waals surface area (Å²) >= 11 is 0. The molecule has 0 spiro atoms. The van der Waals surface area contributed by atoms with Gasteiger partial charge in [-0.3, -0.25) is 0 Å². The number of hydrogen-bond acceptors (Lipinski definition) is 3. The Morgan fingerprint density at radius 2 is 2.20 bits per heavy atom. The molecule has 3 N–H and O–H groups in total. The first-order valence-corrected chi connectivity index (χ1v) is 4.91. The van der Waals surface area contributed by atoms with Gasteiger partial charge in [-0.15, -0.1) is 0 Å². The van der Waals surface area contributed by atoms with Crippen LogP contribution in [-0.2, 0) is 9.53 Å². The largest absolute Gasteiger partial charge is 0.480 e. The van der Waals surface area contributed by atoms with E-state index < -0.39 is 18.0 Å². The second-order valence-electron chi connectivity index (χ2n) is 3.55. The van der Waals surface area contributed by atoms with Crippen molar-refractivity contribution in [2.24, 2.45) is 5.92 Å². The number of rotatable bonds is 6. The maximum absolute atomic E-state index is 11.2. The highest BCUT2D eigenvalue weighted by molar-refractivity contribution is 5.83. The summed E-state index contributed by atoms with van der Waals surface area (Å²) in [6, 6.07) is -1.21. The molecule has 6 nitrogen and oxygen atoms in total. The van der Waals surface area contributed by atoms with Crippen LogP contribution in [0.4, 0.5) is 4.79 Å². The van der Waals surface area contributed by atoms with Crippen molar-refractivity contribution in [2.75, 3.05) is 20.3 Å². The Bertz CT molecular complexity index is 240. The Labute approximate surface area is 88.0 Å². The Morgan fingerprint density at radius 1 is 1.53 bits per heavy atom. The summed E-state index contributed by atoms with van der Waals surface area (Å²) in [6.45, 7) is 0.786. The molecule has 2 amide bonds. The predicted molar refractivity (Wildman–Crippen MR) is 52.6 cm³/mol. The molecule has 0 bridgehead atoms. The van der Waals surface area contributed by atoms with Gasteiger partial charge in [-0.25, -0.2) is 9.59 Å². The standard InChI is InChI=1S/C9H16N2O4/c1-15-5-4-10-9(14)11-7(8(12)13)6-2-3-6/h6-7H,2-5H2,1H3,(H,12,13)(H2,10,11,14). The third-order valence-corrected chi connectivity index (χ3v) is 2.24. The van der Waals surface area contributed by atoms with Gasteiger partial charge in [-0.05, 0) is 18.8 Å². The molecule has 86 valence electrons. The molecular formula is C9H16N2O4. The van der Waals surface area contributed by atoms with Gasteiger partial charge < -0.3 is 20.5 Å². The highest BCUT2D eigenvalue weighted by Crippen LogP contribution is 2.32. The number of carbonyl (C=O) groups excluding carboxylic acids is 1. The number of amides is 2. The van der Waals surface area contributed by atoms with Gasteiger partial charge >= 0.3 is 12.0 Å². The van der Waals surface area contributed by atoms with E-state index in [-0.39, 0.29) is 5.92 Å². The summed E-state index contributed by atoms with van der Waals surface area (Å²) in [5.41, 5.74) is 0. The number of carboxylic acid groups (broad SMARTS) is 1. The van der Waals surface area contributed by atoms with Crippen molar-refractivity contribution in [1.82, 2.24) is 10.6 Å². The lowest BCUT2D eigenvalue weighted by molar-refractivity contribution is -0.139. The smallest absolute Gasteiger partial charge is 0.326 e. The van der Waals surface area contributed by atoms with Crippen LogP contribution in [-0.4, -0.2) is 43.4 Å². The molecule has 1 aliphatic rings. The van der Waals surface area contributed by atoms with E-state index >= 15 is 0 Å². The van der Waals surface area contributed by atoms with E-state index in [4.69, 9.17) is 9.84 Å².